The van der Waals surface area contributed by atoms with E-state index in [-0.39, 0.29) is 24.3 Å². The fourth-order valence-corrected chi connectivity index (χ4v) is 4.42. The summed E-state index contributed by atoms with van der Waals surface area (Å²) in [5, 5.41) is 6.04. The lowest BCUT2D eigenvalue weighted by molar-refractivity contribution is -0.131. The predicted molar refractivity (Wildman–Crippen MR) is 108 cm³/mol. The molecule has 0 bridgehead atoms. The zero-order valence-corrected chi connectivity index (χ0v) is 16.7. The molecule has 4 rings (SSSR count). The van der Waals surface area contributed by atoms with E-state index >= 15 is 0 Å². The molecule has 1 atom stereocenters. The highest BCUT2D eigenvalue weighted by Gasteiger charge is 2.27. The molecule has 1 fully saturated rings. The molecule has 1 saturated heterocycles. The Hall–Kier alpha value is -2.78. The first kappa shape index (κ1) is 19.5. The maximum atomic E-state index is 12.5. The van der Waals surface area contributed by atoms with E-state index in [1.807, 2.05) is 6.07 Å². The molecule has 29 heavy (non-hydrogen) atoms. The fourth-order valence-electron chi connectivity index (χ4n) is 3.39. The number of amides is 3. The van der Waals surface area contributed by atoms with E-state index in [1.165, 1.54) is 11.3 Å². The van der Waals surface area contributed by atoms with Crippen LogP contribution < -0.4 is 10.6 Å². The summed E-state index contributed by atoms with van der Waals surface area (Å²) in [5.41, 5.74) is 1.44. The SMILES string of the molecule is O=C(NCC(=O)N1CCc2nc(NC(=O)C3CCCO3)sc2C1)c1ccccc1. The van der Waals surface area contributed by atoms with Crippen molar-refractivity contribution in [3.63, 3.8) is 0 Å². The van der Waals surface area contributed by atoms with Gasteiger partial charge >= 0.3 is 0 Å². The van der Waals surface area contributed by atoms with E-state index in [0.29, 0.717) is 36.8 Å². The molecule has 1 unspecified atom stereocenters. The smallest absolute Gasteiger partial charge is 0.255 e. The predicted octanol–water partition coefficient (Wildman–Crippen LogP) is 1.58. The quantitative estimate of drug-likeness (QED) is 0.774. The van der Waals surface area contributed by atoms with Crippen molar-refractivity contribution in [1.82, 2.24) is 15.2 Å². The van der Waals surface area contributed by atoms with Crippen molar-refractivity contribution in [3.8, 4) is 0 Å². The molecule has 0 radical (unpaired) electrons. The number of benzene rings is 1. The number of ether oxygens (including phenoxy) is 1. The van der Waals surface area contributed by atoms with Gasteiger partial charge in [0.1, 0.15) is 6.10 Å². The average Bonchev–Trinajstić information content (AvgIpc) is 3.41. The lowest BCUT2D eigenvalue weighted by atomic mass is 10.2. The average molecular weight is 414 g/mol. The molecular formula is C20H22N4O4S. The molecule has 2 aromatic rings. The molecule has 152 valence electrons. The van der Waals surface area contributed by atoms with Gasteiger partial charge in [-0.1, -0.05) is 29.5 Å². The van der Waals surface area contributed by atoms with E-state index in [0.717, 1.165) is 23.4 Å². The van der Waals surface area contributed by atoms with Gasteiger partial charge in [0, 0.05) is 30.0 Å². The maximum Gasteiger partial charge on any atom is 0.255 e. The first-order chi connectivity index (χ1) is 14.1. The maximum absolute atomic E-state index is 12.5. The lowest BCUT2D eigenvalue weighted by Gasteiger charge is -2.26. The molecule has 3 amide bonds. The summed E-state index contributed by atoms with van der Waals surface area (Å²) < 4.78 is 5.39. The fraction of sp³-hybridized carbons (Fsp3) is 0.400. The lowest BCUT2D eigenvalue weighted by Crippen LogP contribution is -2.42. The summed E-state index contributed by atoms with van der Waals surface area (Å²) in [4.78, 5) is 44.0. The molecule has 9 heteroatoms. The van der Waals surface area contributed by atoms with Gasteiger partial charge < -0.3 is 15.0 Å². The van der Waals surface area contributed by atoms with Gasteiger partial charge in [-0.15, -0.1) is 0 Å². The number of thiazole rings is 1. The Kier molecular flexibility index (Phi) is 5.86. The highest BCUT2D eigenvalue weighted by atomic mass is 32.1. The summed E-state index contributed by atoms with van der Waals surface area (Å²) in [6.07, 6.45) is 1.85. The minimum absolute atomic E-state index is 0.0511. The van der Waals surface area contributed by atoms with Crippen LogP contribution in [0.25, 0.3) is 0 Å². The third-order valence-electron chi connectivity index (χ3n) is 4.97. The number of carbonyl (C=O) groups is 3. The molecule has 3 heterocycles. The van der Waals surface area contributed by atoms with Crippen LogP contribution in [0.15, 0.2) is 30.3 Å². The van der Waals surface area contributed by atoms with Crippen molar-refractivity contribution in [3.05, 3.63) is 46.5 Å². The Bertz CT molecular complexity index is 908. The summed E-state index contributed by atoms with van der Waals surface area (Å²) in [6, 6.07) is 8.80. The van der Waals surface area contributed by atoms with Crippen molar-refractivity contribution in [1.29, 1.82) is 0 Å². The van der Waals surface area contributed by atoms with E-state index in [9.17, 15) is 14.4 Å². The first-order valence-electron chi connectivity index (χ1n) is 9.62. The van der Waals surface area contributed by atoms with Crippen molar-refractivity contribution in [2.45, 2.75) is 31.9 Å². The van der Waals surface area contributed by atoms with Crippen molar-refractivity contribution >= 4 is 34.2 Å². The second kappa shape index (κ2) is 8.71. The van der Waals surface area contributed by atoms with Crippen LogP contribution in [0.1, 0.15) is 33.8 Å². The van der Waals surface area contributed by atoms with Gasteiger partial charge in [0.25, 0.3) is 11.8 Å². The number of anilines is 1. The standard InChI is InChI=1S/C20H22N4O4S/c25-17(11-21-18(26)13-5-2-1-3-6-13)24-9-8-14-16(12-24)29-20(22-14)23-19(27)15-7-4-10-28-15/h1-3,5-6,15H,4,7-12H2,(H,21,26)(H,22,23,27). The van der Waals surface area contributed by atoms with Gasteiger partial charge in [-0.2, -0.15) is 0 Å². The topological polar surface area (TPSA) is 101 Å². The Balaban J connectivity index is 1.31. The Morgan fingerprint density at radius 1 is 1.24 bits per heavy atom. The second-order valence-corrected chi connectivity index (χ2v) is 8.08. The zero-order valence-electron chi connectivity index (χ0n) is 15.8. The molecule has 0 aliphatic carbocycles. The first-order valence-corrected chi connectivity index (χ1v) is 10.4. The van der Waals surface area contributed by atoms with Crippen LogP contribution in [0.4, 0.5) is 5.13 Å². The van der Waals surface area contributed by atoms with Crippen LogP contribution in [-0.2, 0) is 27.3 Å². The minimum Gasteiger partial charge on any atom is -0.368 e. The van der Waals surface area contributed by atoms with Crippen LogP contribution in [0.3, 0.4) is 0 Å². The number of hydrogen-bond acceptors (Lipinski definition) is 6. The molecule has 2 aliphatic rings. The number of fused-ring (bicyclic) bond motifs is 1. The number of aromatic nitrogens is 1. The van der Waals surface area contributed by atoms with Gasteiger partial charge in [0.05, 0.1) is 18.8 Å². The Morgan fingerprint density at radius 2 is 2.07 bits per heavy atom. The normalized spacial score (nSPS) is 18.2. The van der Waals surface area contributed by atoms with Crippen molar-refractivity contribution < 1.29 is 19.1 Å². The molecule has 0 spiro atoms. The third-order valence-corrected chi connectivity index (χ3v) is 5.97. The molecule has 1 aromatic heterocycles. The molecule has 2 aliphatic heterocycles. The Morgan fingerprint density at radius 3 is 2.83 bits per heavy atom. The van der Waals surface area contributed by atoms with Crippen LogP contribution in [0.5, 0.6) is 0 Å². The summed E-state index contributed by atoms with van der Waals surface area (Å²) >= 11 is 1.39. The van der Waals surface area contributed by atoms with Crippen LogP contribution in [0.2, 0.25) is 0 Å². The molecule has 2 N–H and O–H groups in total. The summed E-state index contributed by atoms with van der Waals surface area (Å²) in [7, 11) is 0. The molecular weight excluding hydrogens is 392 g/mol. The molecule has 8 nitrogen and oxygen atoms in total. The number of hydrogen-bond donors (Lipinski definition) is 2. The van der Waals surface area contributed by atoms with Gasteiger partial charge in [-0.3, -0.25) is 19.7 Å². The van der Waals surface area contributed by atoms with Gasteiger partial charge in [0.2, 0.25) is 5.91 Å². The largest absolute Gasteiger partial charge is 0.368 e. The minimum atomic E-state index is -0.401. The monoisotopic (exact) mass is 414 g/mol. The van der Waals surface area contributed by atoms with E-state index in [4.69, 9.17) is 4.74 Å². The number of nitrogens with one attached hydrogen (secondary N) is 2. The van der Waals surface area contributed by atoms with Gasteiger partial charge in [0.15, 0.2) is 5.13 Å². The summed E-state index contributed by atoms with van der Waals surface area (Å²) in [5.74, 6) is -0.572. The number of carbonyl (C=O) groups excluding carboxylic acids is 3. The van der Waals surface area contributed by atoms with E-state index in [2.05, 4.69) is 15.6 Å². The zero-order chi connectivity index (χ0) is 20.2. The third kappa shape index (κ3) is 4.63. The van der Waals surface area contributed by atoms with Crippen LogP contribution in [-0.4, -0.2) is 53.4 Å². The molecule has 1 aromatic carbocycles. The Labute approximate surface area is 172 Å². The second-order valence-electron chi connectivity index (χ2n) is 6.99. The van der Waals surface area contributed by atoms with Crippen molar-refractivity contribution in [2.75, 3.05) is 25.0 Å². The van der Waals surface area contributed by atoms with Crippen LogP contribution in [0, 0.1) is 0 Å². The van der Waals surface area contributed by atoms with E-state index < -0.39 is 6.10 Å². The highest BCUT2D eigenvalue weighted by molar-refractivity contribution is 7.15. The van der Waals surface area contributed by atoms with Gasteiger partial charge in [-0.05, 0) is 25.0 Å². The van der Waals surface area contributed by atoms with Crippen LogP contribution >= 0.6 is 11.3 Å². The van der Waals surface area contributed by atoms with E-state index in [1.54, 1.807) is 29.2 Å². The summed E-state index contributed by atoms with van der Waals surface area (Å²) in [6.45, 7) is 1.54. The van der Waals surface area contributed by atoms with Gasteiger partial charge in [-0.25, -0.2) is 4.98 Å². The number of rotatable bonds is 5. The van der Waals surface area contributed by atoms with Crippen molar-refractivity contribution in [2.24, 2.45) is 0 Å². The highest BCUT2D eigenvalue weighted by Crippen LogP contribution is 2.29. The number of nitrogens with zero attached hydrogens (tertiary/aromatic N) is 2. The molecule has 0 saturated carbocycles.